The zero-order chi connectivity index (χ0) is 23.3. The molecule has 178 valence electrons. The van der Waals surface area contributed by atoms with Crippen molar-refractivity contribution >= 4 is 6.08 Å². The van der Waals surface area contributed by atoms with Gasteiger partial charge in [0.1, 0.15) is 11.6 Å². The lowest BCUT2D eigenvalue weighted by Gasteiger charge is -2.42. The molecule has 0 amide bonds. The van der Waals surface area contributed by atoms with Crippen molar-refractivity contribution in [1.29, 1.82) is 0 Å². The molecule has 0 bridgehead atoms. The molecule has 2 aromatic rings. The van der Waals surface area contributed by atoms with E-state index >= 15 is 0 Å². The van der Waals surface area contributed by atoms with Crippen LogP contribution in [-0.4, -0.2) is 67.4 Å². The van der Waals surface area contributed by atoms with E-state index < -0.39 is 5.60 Å². The summed E-state index contributed by atoms with van der Waals surface area (Å²) in [6.45, 7) is 5.14. The van der Waals surface area contributed by atoms with Gasteiger partial charge in [0.05, 0.1) is 12.7 Å². The highest BCUT2D eigenvalue weighted by Crippen LogP contribution is 2.41. The monoisotopic (exact) mass is 452 g/mol. The smallest absolute Gasteiger partial charge is 0.123 e. The number of hydrogen-bond donors (Lipinski definition) is 1. The van der Waals surface area contributed by atoms with Crippen molar-refractivity contribution < 1.29 is 14.2 Å². The number of likely N-dealkylation sites (N-methyl/N-ethyl adjacent to an activating group) is 1. The molecule has 1 heterocycles. The van der Waals surface area contributed by atoms with Crippen LogP contribution >= 0.6 is 0 Å². The third-order valence-corrected chi connectivity index (χ3v) is 7.40. The quantitative estimate of drug-likeness (QED) is 0.649. The molecule has 4 nitrogen and oxygen atoms in total. The summed E-state index contributed by atoms with van der Waals surface area (Å²) in [6, 6.07) is 14.6. The maximum Gasteiger partial charge on any atom is 0.123 e. The number of piperazine rings is 1. The summed E-state index contributed by atoms with van der Waals surface area (Å²) >= 11 is 0. The van der Waals surface area contributed by atoms with Crippen LogP contribution < -0.4 is 4.74 Å². The standard InChI is InChI=1S/C28H37FN2O2/c1-30-15-17-31(18-16-30)21-25-6-4-3-5-24(19-22-7-11-26(29)12-8-22)28(25,32)20-23-9-13-27(33-2)14-10-23/h7-14,19,25,32H,3-6,15-18,20-21H2,1-2H3. The third-order valence-electron chi connectivity index (χ3n) is 7.40. The van der Waals surface area contributed by atoms with E-state index in [0.29, 0.717) is 6.42 Å². The minimum absolute atomic E-state index is 0.150. The Labute approximate surface area is 197 Å². The molecule has 5 heteroatoms. The Morgan fingerprint density at radius 3 is 2.39 bits per heavy atom. The number of nitrogens with zero attached hydrogens (tertiary/aromatic N) is 2. The molecule has 33 heavy (non-hydrogen) atoms. The van der Waals surface area contributed by atoms with Crippen molar-refractivity contribution in [2.45, 2.75) is 37.7 Å². The fourth-order valence-electron chi connectivity index (χ4n) is 5.28. The topological polar surface area (TPSA) is 35.9 Å². The third kappa shape index (κ3) is 6.03. The van der Waals surface area contributed by atoms with E-state index in [1.165, 1.54) is 12.1 Å². The molecule has 2 aromatic carbocycles. The summed E-state index contributed by atoms with van der Waals surface area (Å²) in [5.74, 6) is 0.735. The Morgan fingerprint density at radius 2 is 1.73 bits per heavy atom. The van der Waals surface area contributed by atoms with Crippen molar-refractivity contribution in [2.75, 3.05) is 46.9 Å². The van der Waals surface area contributed by atoms with Gasteiger partial charge in [-0.1, -0.05) is 36.8 Å². The SMILES string of the molecule is COc1ccc(CC2(O)C(=Cc3ccc(F)cc3)CCCCC2CN2CCN(C)CC2)cc1. The molecule has 4 rings (SSSR count). The average molecular weight is 453 g/mol. The van der Waals surface area contributed by atoms with Crippen LogP contribution in [0.15, 0.2) is 54.1 Å². The van der Waals surface area contributed by atoms with Crippen LogP contribution in [0.1, 0.15) is 36.8 Å². The highest BCUT2D eigenvalue weighted by Gasteiger charge is 2.42. The van der Waals surface area contributed by atoms with Gasteiger partial charge in [0.2, 0.25) is 0 Å². The first-order valence-corrected chi connectivity index (χ1v) is 12.2. The van der Waals surface area contributed by atoms with E-state index in [0.717, 1.165) is 80.9 Å². The van der Waals surface area contributed by atoms with Gasteiger partial charge in [0.15, 0.2) is 0 Å². The molecule has 2 aliphatic rings. The fourth-order valence-corrected chi connectivity index (χ4v) is 5.28. The van der Waals surface area contributed by atoms with Gasteiger partial charge in [0.25, 0.3) is 0 Å². The molecular weight excluding hydrogens is 415 g/mol. The molecule has 0 radical (unpaired) electrons. The van der Waals surface area contributed by atoms with E-state index in [1.54, 1.807) is 19.2 Å². The van der Waals surface area contributed by atoms with Gasteiger partial charge in [0, 0.05) is 45.1 Å². The van der Waals surface area contributed by atoms with Crippen LogP contribution in [0.5, 0.6) is 5.75 Å². The molecular formula is C28H37FN2O2. The molecule has 0 spiro atoms. The van der Waals surface area contributed by atoms with Crippen LogP contribution in [-0.2, 0) is 6.42 Å². The maximum absolute atomic E-state index is 13.5. The summed E-state index contributed by atoms with van der Waals surface area (Å²) in [7, 11) is 3.84. The lowest BCUT2D eigenvalue weighted by molar-refractivity contribution is -0.00644. The summed E-state index contributed by atoms with van der Waals surface area (Å²) in [6.07, 6.45) is 6.73. The predicted molar refractivity (Wildman–Crippen MR) is 132 cm³/mol. The molecule has 1 saturated heterocycles. The van der Waals surface area contributed by atoms with Gasteiger partial charge in [-0.05, 0) is 67.3 Å². The molecule has 1 aliphatic heterocycles. The summed E-state index contributed by atoms with van der Waals surface area (Å²) in [5, 5.41) is 12.4. The largest absolute Gasteiger partial charge is 0.497 e. The van der Waals surface area contributed by atoms with E-state index in [-0.39, 0.29) is 11.7 Å². The average Bonchev–Trinajstić information content (AvgIpc) is 2.96. The van der Waals surface area contributed by atoms with E-state index in [9.17, 15) is 9.50 Å². The van der Waals surface area contributed by atoms with Gasteiger partial charge in [-0.25, -0.2) is 4.39 Å². The Hall–Kier alpha value is -2.21. The molecule has 0 aromatic heterocycles. The predicted octanol–water partition coefficient (Wildman–Crippen LogP) is 4.63. The van der Waals surface area contributed by atoms with Crippen LogP contribution in [0.2, 0.25) is 0 Å². The minimum Gasteiger partial charge on any atom is -0.497 e. The van der Waals surface area contributed by atoms with Gasteiger partial charge in [-0.15, -0.1) is 0 Å². The molecule has 2 fully saturated rings. The Bertz CT molecular complexity index is 920. The first-order chi connectivity index (χ1) is 16.0. The number of benzene rings is 2. The van der Waals surface area contributed by atoms with Crippen molar-refractivity contribution in [3.8, 4) is 5.75 Å². The van der Waals surface area contributed by atoms with Crippen LogP contribution in [0.4, 0.5) is 4.39 Å². The normalized spacial score (nSPS) is 26.3. The van der Waals surface area contributed by atoms with E-state index in [4.69, 9.17) is 4.74 Å². The first kappa shape index (κ1) is 23.9. The second-order valence-electron chi connectivity index (χ2n) is 9.72. The van der Waals surface area contributed by atoms with Gasteiger partial charge >= 0.3 is 0 Å². The van der Waals surface area contributed by atoms with Crippen LogP contribution in [0.3, 0.4) is 0 Å². The fraction of sp³-hybridized carbons (Fsp3) is 0.500. The first-order valence-electron chi connectivity index (χ1n) is 12.2. The van der Waals surface area contributed by atoms with E-state index in [2.05, 4.69) is 35.1 Å². The molecule has 1 saturated carbocycles. The number of rotatable bonds is 6. The molecule has 2 unspecified atom stereocenters. The van der Waals surface area contributed by atoms with Crippen molar-refractivity contribution in [1.82, 2.24) is 9.80 Å². The zero-order valence-electron chi connectivity index (χ0n) is 20.0. The highest BCUT2D eigenvalue weighted by atomic mass is 19.1. The number of hydrogen-bond acceptors (Lipinski definition) is 4. The molecule has 1 N–H and O–H groups in total. The Balaban J connectivity index is 1.66. The zero-order valence-corrected chi connectivity index (χ0v) is 20.0. The highest BCUT2D eigenvalue weighted by molar-refractivity contribution is 5.56. The lowest BCUT2D eigenvalue weighted by Crippen LogP contribution is -2.51. The Morgan fingerprint density at radius 1 is 1.03 bits per heavy atom. The molecule has 2 atom stereocenters. The summed E-state index contributed by atoms with van der Waals surface area (Å²) < 4.78 is 18.8. The summed E-state index contributed by atoms with van der Waals surface area (Å²) in [4.78, 5) is 4.89. The van der Waals surface area contributed by atoms with Crippen LogP contribution in [0, 0.1) is 11.7 Å². The van der Waals surface area contributed by atoms with Crippen molar-refractivity contribution in [2.24, 2.45) is 5.92 Å². The second kappa shape index (κ2) is 10.8. The van der Waals surface area contributed by atoms with Crippen molar-refractivity contribution in [3.05, 3.63) is 71.0 Å². The number of ether oxygens (including phenoxy) is 1. The minimum atomic E-state index is -0.942. The number of methoxy groups -OCH3 is 1. The molecule has 1 aliphatic carbocycles. The van der Waals surface area contributed by atoms with Gasteiger partial charge < -0.3 is 19.6 Å². The van der Waals surface area contributed by atoms with Crippen molar-refractivity contribution in [3.63, 3.8) is 0 Å². The van der Waals surface area contributed by atoms with Gasteiger partial charge in [-0.2, -0.15) is 0 Å². The number of aliphatic hydroxyl groups is 1. The van der Waals surface area contributed by atoms with E-state index in [1.807, 2.05) is 12.1 Å². The summed E-state index contributed by atoms with van der Waals surface area (Å²) in [5.41, 5.74) is 2.18. The maximum atomic E-state index is 13.5. The van der Waals surface area contributed by atoms with Crippen LogP contribution in [0.25, 0.3) is 6.08 Å². The number of halogens is 1. The Kier molecular flexibility index (Phi) is 7.84. The second-order valence-corrected chi connectivity index (χ2v) is 9.72. The lowest BCUT2D eigenvalue weighted by atomic mass is 9.74. The van der Waals surface area contributed by atoms with Gasteiger partial charge in [-0.3, -0.25) is 0 Å².